The second kappa shape index (κ2) is 4.47. The molecule has 0 aliphatic carbocycles. The van der Waals surface area contributed by atoms with Crippen molar-refractivity contribution in [2.45, 2.75) is 11.1 Å². The molecule has 0 spiro atoms. The van der Waals surface area contributed by atoms with Crippen molar-refractivity contribution in [1.29, 1.82) is 0 Å². The average Bonchev–Trinajstić information content (AvgIpc) is 2.40. The molecule has 0 saturated heterocycles. The molecular formula is C8H10N2O2S2. The van der Waals surface area contributed by atoms with Gasteiger partial charge in [-0.15, -0.1) is 11.8 Å². The first kappa shape index (κ1) is 11.1. The Bertz CT molecular complexity index is 373. The van der Waals surface area contributed by atoms with E-state index < -0.39 is 5.97 Å². The fourth-order valence-electron chi connectivity index (χ4n) is 0.751. The van der Waals surface area contributed by atoms with Gasteiger partial charge in [0.05, 0.1) is 9.90 Å². The third-order valence-electron chi connectivity index (χ3n) is 1.45. The molecule has 14 heavy (non-hydrogen) atoms. The Hall–Kier alpha value is -1.01. The van der Waals surface area contributed by atoms with E-state index in [0.717, 1.165) is 9.90 Å². The van der Waals surface area contributed by atoms with E-state index in [0.29, 0.717) is 10.9 Å². The molecule has 76 valence electrons. The van der Waals surface area contributed by atoms with Crippen LogP contribution in [0.1, 0.15) is 5.69 Å². The monoisotopic (exact) mass is 230 g/mol. The summed E-state index contributed by atoms with van der Waals surface area (Å²) in [6, 6.07) is 0. The molecule has 0 aliphatic rings. The zero-order valence-corrected chi connectivity index (χ0v) is 9.24. The summed E-state index contributed by atoms with van der Waals surface area (Å²) in [5.74, 6) is -0.606. The minimum Gasteiger partial charge on any atom is -0.478 e. The molecule has 0 aromatic carbocycles. The molecule has 0 unspecified atom stereocenters. The van der Waals surface area contributed by atoms with Gasteiger partial charge in [-0.1, -0.05) is 17.9 Å². The summed E-state index contributed by atoms with van der Waals surface area (Å²) < 4.78 is 0.949. The molecule has 1 heterocycles. The number of aryl methyl sites for hydroxylation is 1. The van der Waals surface area contributed by atoms with Gasteiger partial charge in [0.25, 0.3) is 0 Å². The van der Waals surface area contributed by atoms with Crippen molar-refractivity contribution >= 4 is 34.2 Å². The third kappa shape index (κ3) is 2.74. The lowest BCUT2D eigenvalue weighted by Gasteiger charge is -1.98. The molecule has 0 atom stereocenters. The van der Waals surface area contributed by atoms with E-state index in [2.05, 4.69) is 11.6 Å². The molecule has 0 aliphatic heterocycles. The van der Waals surface area contributed by atoms with Gasteiger partial charge >= 0.3 is 5.97 Å². The lowest BCUT2D eigenvalue weighted by molar-refractivity contribution is -0.132. The van der Waals surface area contributed by atoms with E-state index in [1.807, 2.05) is 6.92 Å². The Morgan fingerprint density at radius 2 is 2.43 bits per heavy atom. The maximum Gasteiger partial charge on any atom is 0.331 e. The first-order valence-corrected chi connectivity index (χ1v) is 5.57. The van der Waals surface area contributed by atoms with E-state index in [9.17, 15) is 4.79 Å². The Balaban J connectivity index is 2.58. The highest BCUT2D eigenvalue weighted by Crippen LogP contribution is 2.31. The minimum atomic E-state index is -0.965. The van der Waals surface area contributed by atoms with Gasteiger partial charge in [-0.05, 0) is 6.92 Å². The Morgan fingerprint density at radius 3 is 2.86 bits per heavy atom. The number of thiazole rings is 1. The van der Waals surface area contributed by atoms with Gasteiger partial charge in [-0.2, -0.15) is 0 Å². The van der Waals surface area contributed by atoms with Gasteiger partial charge in [-0.3, -0.25) is 0 Å². The topological polar surface area (TPSA) is 76.2 Å². The fourth-order valence-corrected chi connectivity index (χ4v) is 2.67. The average molecular weight is 230 g/mol. The Morgan fingerprint density at radius 1 is 1.79 bits per heavy atom. The lowest BCUT2D eigenvalue weighted by atomic mass is 10.4. The van der Waals surface area contributed by atoms with Crippen LogP contribution in [-0.4, -0.2) is 21.8 Å². The number of nitrogen functional groups attached to an aromatic ring is 1. The second-order valence-corrected chi connectivity index (χ2v) is 4.90. The molecule has 0 bridgehead atoms. The predicted molar refractivity (Wildman–Crippen MR) is 58.8 cm³/mol. The van der Waals surface area contributed by atoms with Gasteiger partial charge in [0.1, 0.15) is 0 Å². The van der Waals surface area contributed by atoms with Crippen LogP contribution in [0.3, 0.4) is 0 Å². The zero-order valence-electron chi connectivity index (χ0n) is 7.61. The maximum atomic E-state index is 10.5. The molecule has 1 aromatic rings. The Kier molecular flexibility index (Phi) is 3.54. The van der Waals surface area contributed by atoms with E-state index in [1.165, 1.54) is 23.1 Å². The predicted octanol–water partition coefficient (Wildman–Crippen LogP) is 1.77. The van der Waals surface area contributed by atoms with Crippen molar-refractivity contribution in [2.75, 3.05) is 11.5 Å². The van der Waals surface area contributed by atoms with Crippen LogP contribution in [-0.2, 0) is 4.79 Å². The first-order chi connectivity index (χ1) is 6.50. The van der Waals surface area contributed by atoms with Gasteiger partial charge in [0.15, 0.2) is 5.13 Å². The molecule has 0 saturated carbocycles. The van der Waals surface area contributed by atoms with Gasteiger partial charge in [-0.25, -0.2) is 9.78 Å². The number of carbonyl (C=O) groups is 1. The zero-order chi connectivity index (χ0) is 10.7. The van der Waals surface area contributed by atoms with Crippen LogP contribution in [0.15, 0.2) is 16.4 Å². The lowest BCUT2D eigenvalue weighted by Crippen LogP contribution is -2.00. The molecule has 1 rings (SSSR count). The standard InChI is InChI=1S/C8H10N2O2S2/c1-4(6(11)12)3-13-7-5(2)10-8(9)14-7/h1,3H2,2H3,(H2,9,10)(H,11,12). The summed E-state index contributed by atoms with van der Waals surface area (Å²) in [6.07, 6.45) is 0. The number of rotatable bonds is 4. The molecule has 0 amide bonds. The van der Waals surface area contributed by atoms with Crippen LogP contribution >= 0.6 is 23.1 Å². The highest BCUT2D eigenvalue weighted by molar-refractivity contribution is 8.01. The number of aliphatic carboxylic acids is 1. The molecule has 6 heteroatoms. The number of thioether (sulfide) groups is 1. The van der Waals surface area contributed by atoms with Gasteiger partial charge in [0.2, 0.25) is 0 Å². The summed E-state index contributed by atoms with van der Waals surface area (Å²) in [6.45, 7) is 5.28. The van der Waals surface area contributed by atoms with E-state index in [-0.39, 0.29) is 5.57 Å². The highest BCUT2D eigenvalue weighted by Gasteiger charge is 2.09. The molecular weight excluding hydrogens is 220 g/mol. The van der Waals surface area contributed by atoms with Crippen molar-refractivity contribution in [3.8, 4) is 0 Å². The van der Waals surface area contributed by atoms with Crippen LogP contribution < -0.4 is 5.73 Å². The molecule has 3 N–H and O–H groups in total. The van der Waals surface area contributed by atoms with Crippen molar-refractivity contribution in [3.63, 3.8) is 0 Å². The fraction of sp³-hybridized carbons (Fsp3) is 0.250. The number of carboxylic acid groups (broad SMARTS) is 1. The quantitative estimate of drug-likeness (QED) is 0.609. The van der Waals surface area contributed by atoms with Crippen molar-refractivity contribution in [1.82, 2.24) is 4.98 Å². The molecule has 0 fully saturated rings. The van der Waals surface area contributed by atoms with Crippen LogP contribution in [0.2, 0.25) is 0 Å². The summed E-state index contributed by atoms with van der Waals surface area (Å²) in [5.41, 5.74) is 6.53. The Labute approximate surface area is 89.8 Å². The number of aromatic nitrogens is 1. The molecule has 0 radical (unpaired) electrons. The maximum absolute atomic E-state index is 10.5. The largest absolute Gasteiger partial charge is 0.478 e. The van der Waals surface area contributed by atoms with Crippen molar-refractivity contribution < 1.29 is 9.90 Å². The summed E-state index contributed by atoms with van der Waals surface area (Å²) in [7, 11) is 0. The number of nitrogens with two attached hydrogens (primary N) is 1. The smallest absolute Gasteiger partial charge is 0.331 e. The summed E-state index contributed by atoms with van der Waals surface area (Å²) in [5, 5.41) is 9.09. The summed E-state index contributed by atoms with van der Waals surface area (Å²) >= 11 is 2.76. The number of hydrogen-bond acceptors (Lipinski definition) is 5. The van der Waals surface area contributed by atoms with E-state index in [1.54, 1.807) is 0 Å². The van der Waals surface area contributed by atoms with Gasteiger partial charge < -0.3 is 10.8 Å². The third-order valence-corrected chi connectivity index (χ3v) is 3.89. The molecule has 4 nitrogen and oxygen atoms in total. The SMILES string of the molecule is C=C(CSc1sc(N)nc1C)C(=O)O. The van der Waals surface area contributed by atoms with Crippen molar-refractivity contribution in [3.05, 3.63) is 17.8 Å². The number of anilines is 1. The highest BCUT2D eigenvalue weighted by atomic mass is 32.2. The van der Waals surface area contributed by atoms with Crippen molar-refractivity contribution in [2.24, 2.45) is 0 Å². The van der Waals surface area contributed by atoms with Crippen LogP contribution in [0.5, 0.6) is 0 Å². The number of carboxylic acids is 1. The minimum absolute atomic E-state index is 0.182. The number of nitrogens with zero attached hydrogens (tertiary/aromatic N) is 1. The van der Waals surface area contributed by atoms with E-state index >= 15 is 0 Å². The first-order valence-electron chi connectivity index (χ1n) is 3.77. The summed E-state index contributed by atoms with van der Waals surface area (Å²) in [4.78, 5) is 14.5. The van der Waals surface area contributed by atoms with Crippen LogP contribution in [0.4, 0.5) is 5.13 Å². The van der Waals surface area contributed by atoms with E-state index in [4.69, 9.17) is 10.8 Å². The van der Waals surface area contributed by atoms with Crippen LogP contribution in [0.25, 0.3) is 0 Å². The number of hydrogen-bond donors (Lipinski definition) is 2. The van der Waals surface area contributed by atoms with Crippen LogP contribution in [0, 0.1) is 6.92 Å². The van der Waals surface area contributed by atoms with Gasteiger partial charge in [0, 0.05) is 11.3 Å². The normalized spacial score (nSPS) is 10.1. The second-order valence-electron chi connectivity index (χ2n) is 2.62. The molecule has 1 aromatic heterocycles.